The zero-order valence-corrected chi connectivity index (χ0v) is 10.6. The average Bonchev–Trinajstić information content (AvgIpc) is 2.74. The highest BCUT2D eigenvalue weighted by Crippen LogP contribution is 2.26. The fourth-order valence-corrected chi connectivity index (χ4v) is 2.93. The van der Waals surface area contributed by atoms with Crippen LogP contribution < -0.4 is 0 Å². The van der Waals surface area contributed by atoms with E-state index in [0.29, 0.717) is 11.8 Å². The molecule has 0 aromatic carbocycles. The lowest BCUT2D eigenvalue weighted by atomic mass is 9.96. The van der Waals surface area contributed by atoms with Crippen molar-refractivity contribution in [3.05, 3.63) is 0 Å². The molecule has 1 amide bonds. The van der Waals surface area contributed by atoms with Gasteiger partial charge in [0, 0.05) is 25.6 Å². The Balaban J connectivity index is 1.93. The molecule has 2 heterocycles. The van der Waals surface area contributed by atoms with Crippen LogP contribution in [0.5, 0.6) is 0 Å². The molecule has 3 nitrogen and oxygen atoms in total. The minimum Gasteiger partial charge on any atom is -0.378 e. The molecule has 2 fully saturated rings. The first kappa shape index (κ1) is 12.2. The van der Waals surface area contributed by atoms with E-state index in [9.17, 15) is 4.79 Å². The Kier molecular flexibility index (Phi) is 4.09. The van der Waals surface area contributed by atoms with Gasteiger partial charge in [0.2, 0.25) is 5.91 Å². The first-order valence-corrected chi connectivity index (χ1v) is 6.72. The zero-order chi connectivity index (χ0) is 11.5. The lowest BCUT2D eigenvalue weighted by Crippen LogP contribution is -2.44. The van der Waals surface area contributed by atoms with Crippen LogP contribution in [0.4, 0.5) is 0 Å². The van der Waals surface area contributed by atoms with Gasteiger partial charge in [-0.3, -0.25) is 4.79 Å². The van der Waals surface area contributed by atoms with Gasteiger partial charge >= 0.3 is 0 Å². The van der Waals surface area contributed by atoms with E-state index in [1.165, 1.54) is 0 Å². The monoisotopic (exact) mass is 245 g/mol. The Morgan fingerprint density at radius 3 is 2.94 bits per heavy atom. The van der Waals surface area contributed by atoms with E-state index in [2.05, 4.69) is 0 Å². The van der Waals surface area contributed by atoms with Crippen molar-refractivity contribution in [1.82, 2.24) is 4.90 Å². The van der Waals surface area contributed by atoms with Crippen LogP contribution in [-0.4, -0.2) is 42.5 Å². The summed E-state index contributed by atoms with van der Waals surface area (Å²) in [5, 5.41) is 0. The predicted molar refractivity (Wildman–Crippen MR) is 63.5 cm³/mol. The number of likely N-dealkylation sites (tertiary alicyclic amines) is 1. The van der Waals surface area contributed by atoms with Crippen molar-refractivity contribution in [1.29, 1.82) is 0 Å². The van der Waals surface area contributed by atoms with Crippen LogP contribution >= 0.6 is 11.6 Å². The second-order valence-corrected chi connectivity index (χ2v) is 5.23. The molecule has 0 aliphatic carbocycles. The molecule has 0 aromatic heterocycles. The molecule has 92 valence electrons. The number of ether oxygens (including phenoxy) is 1. The van der Waals surface area contributed by atoms with E-state index in [0.717, 1.165) is 39.0 Å². The Labute approximate surface area is 102 Å². The maximum Gasteiger partial charge on any atom is 0.228 e. The molecule has 3 unspecified atom stereocenters. The summed E-state index contributed by atoms with van der Waals surface area (Å²) in [5.74, 6) is 1.51. The largest absolute Gasteiger partial charge is 0.378 e. The number of carbonyl (C=O) groups excluding carboxylic acids is 1. The molecule has 0 radical (unpaired) electrons. The van der Waals surface area contributed by atoms with Gasteiger partial charge in [0.1, 0.15) is 0 Å². The number of piperidine rings is 1. The molecule has 0 aromatic rings. The standard InChI is InChI=1S/C12H20ClNO2/c1-9-11(4-6-16-9)12(15)14-5-2-3-10(7-13)8-14/h9-11H,2-8H2,1H3. The maximum absolute atomic E-state index is 12.3. The summed E-state index contributed by atoms with van der Waals surface area (Å²) in [4.78, 5) is 14.3. The SMILES string of the molecule is CC1OCCC1C(=O)N1CCCC(CCl)C1. The first-order chi connectivity index (χ1) is 7.72. The Hall–Kier alpha value is -0.280. The number of alkyl halides is 1. The molecule has 0 N–H and O–H groups in total. The van der Waals surface area contributed by atoms with Gasteiger partial charge in [0.25, 0.3) is 0 Å². The summed E-state index contributed by atoms with van der Waals surface area (Å²) < 4.78 is 5.46. The van der Waals surface area contributed by atoms with Crippen molar-refractivity contribution < 1.29 is 9.53 Å². The number of halogens is 1. The lowest BCUT2D eigenvalue weighted by molar-refractivity contribution is -0.138. The Bertz CT molecular complexity index is 259. The molecular weight excluding hydrogens is 226 g/mol. The topological polar surface area (TPSA) is 29.5 Å². The molecule has 0 spiro atoms. The maximum atomic E-state index is 12.3. The molecule has 3 atom stereocenters. The van der Waals surface area contributed by atoms with E-state index in [4.69, 9.17) is 16.3 Å². The van der Waals surface area contributed by atoms with E-state index in [1.807, 2.05) is 11.8 Å². The highest BCUT2D eigenvalue weighted by Gasteiger charge is 2.35. The number of hydrogen-bond acceptors (Lipinski definition) is 2. The molecule has 16 heavy (non-hydrogen) atoms. The molecule has 0 bridgehead atoms. The highest BCUT2D eigenvalue weighted by molar-refractivity contribution is 6.18. The molecule has 2 saturated heterocycles. The van der Waals surface area contributed by atoms with Crippen LogP contribution in [0, 0.1) is 11.8 Å². The molecule has 2 rings (SSSR count). The van der Waals surface area contributed by atoms with E-state index < -0.39 is 0 Å². The summed E-state index contributed by atoms with van der Waals surface area (Å²) in [6.07, 6.45) is 3.21. The van der Waals surface area contributed by atoms with Crippen molar-refractivity contribution in [2.75, 3.05) is 25.6 Å². The smallest absolute Gasteiger partial charge is 0.228 e. The zero-order valence-electron chi connectivity index (χ0n) is 9.82. The Morgan fingerprint density at radius 2 is 2.31 bits per heavy atom. The third kappa shape index (κ3) is 2.51. The van der Waals surface area contributed by atoms with Crippen molar-refractivity contribution in [2.24, 2.45) is 11.8 Å². The van der Waals surface area contributed by atoms with Gasteiger partial charge < -0.3 is 9.64 Å². The fourth-order valence-electron chi connectivity index (χ4n) is 2.68. The average molecular weight is 246 g/mol. The van der Waals surface area contributed by atoms with Crippen LogP contribution in [0.25, 0.3) is 0 Å². The third-order valence-corrected chi connectivity index (χ3v) is 4.18. The summed E-state index contributed by atoms with van der Waals surface area (Å²) in [6, 6.07) is 0. The predicted octanol–water partition coefficient (Wildman–Crippen LogP) is 1.89. The van der Waals surface area contributed by atoms with Gasteiger partial charge in [-0.05, 0) is 32.1 Å². The summed E-state index contributed by atoms with van der Waals surface area (Å²) in [7, 11) is 0. The minimum absolute atomic E-state index is 0.0778. The molecule has 2 aliphatic heterocycles. The summed E-state index contributed by atoms with van der Waals surface area (Å²) in [6.45, 7) is 4.46. The second kappa shape index (κ2) is 5.37. The van der Waals surface area contributed by atoms with Gasteiger partial charge in [-0.1, -0.05) is 0 Å². The molecular formula is C12H20ClNO2. The van der Waals surface area contributed by atoms with Crippen molar-refractivity contribution in [3.8, 4) is 0 Å². The summed E-state index contributed by atoms with van der Waals surface area (Å²) >= 11 is 5.88. The quantitative estimate of drug-likeness (QED) is 0.696. The van der Waals surface area contributed by atoms with Gasteiger partial charge in [0.05, 0.1) is 12.0 Å². The molecule has 0 saturated carbocycles. The van der Waals surface area contributed by atoms with Crippen molar-refractivity contribution in [3.63, 3.8) is 0 Å². The fraction of sp³-hybridized carbons (Fsp3) is 0.917. The van der Waals surface area contributed by atoms with Crippen molar-refractivity contribution in [2.45, 2.75) is 32.3 Å². The van der Waals surface area contributed by atoms with Crippen LogP contribution in [-0.2, 0) is 9.53 Å². The van der Waals surface area contributed by atoms with Gasteiger partial charge in [0.15, 0.2) is 0 Å². The summed E-state index contributed by atoms with van der Waals surface area (Å²) in [5.41, 5.74) is 0. The van der Waals surface area contributed by atoms with Crippen LogP contribution in [0.15, 0.2) is 0 Å². The minimum atomic E-state index is 0.0778. The molecule has 4 heteroatoms. The number of amides is 1. The van der Waals surface area contributed by atoms with E-state index in [1.54, 1.807) is 0 Å². The van der Waals surface area contributed by atoms with Gasteiger partial charge in [-0.25, -0.2) is 0 Å². The number of hydrogen-bond donors (Lipinski definition) is 0. The second-order valence-electron chi connectivity index (χ2n) is 4.92. The first-order valence-electron chi connectivity index (χ1n) is 6.18. The Morgan fingerprint density at radius 1 is 1.50 bits per heavy atom. The van der Waals surface area contributed by atoms with Crippen LogP contribution in [0.2, 0.25) is 0 Å². The van der Waals surface area contributed by atoms with Gasteiger partial charge in [-0.15, -0.1) is 11.6 Å². The number of nitrogens with zero attached hydrogens (tertiary/aromatic N) is 1. The van der Waals surface area contributed by atoms with E-state index in [-0.39, 0.29) is 17.9 Å². The van der Waals surface area contributed by atoms with Crippen molar-refractivity contribution >= 4 is 17.5 Å². The normalized spacial score (nSPS) is 35.4. The molecule has 2 aliphatic rings. The highest BCUT2D eigenvalue weighted by atomic mass is 35.5. The van der Waals surface area contributed by atoms with Gasteiger partial charge in [-0.2, -0.15) is 0 Å². The van der Waals surface area contributed by atoms with Crippen LogP contribution in [0.3, 0.4) is 0 Å². The lowest BCUT2D eigenvalue weighted by Gasteiger charge is -2.34. The number of rotatable bonds is 2. The van der Waals surface area contributed by atoms with E-state index >= 15 is 0 Å². The number of carbonyl (C=O) groups is 1. The van der Waals surface area contributed by atoms with Crippen LogP contribution in [0.1, 0.15) is 26.2 Å². The third-order valence-electron chi connectivity index (χ3n) is 3.74.